The summed E-state index contributed by atoms with van der Waals surface area (Å²) in [7, 11) is 2.17. The van der Waals surface area contributed by atoms with Crippen LogP contribution >= 0.6 is 0 Å². The SMILES string of the molecule is CCC(CC)(CC)c1ccc(-c2ccc(C)cc2C)[n+](C)c1. The molecule has 2 aromatic rings. The second kappa shape index (κ2) is 6.64. The van der Waals surface area contributed by atoms with Crippen LogP contribution in [0.1, 0.15) is 56.7 Å². The lowest BCUT2D eigenvalue weighted by Gasteiger charge is -2.29. The van der Waals surface area contributed by atoms with Gasteiger partial charge in [0.1, 0.15) is 7.05 Å². The van der Waals surface area contributed by atoms with Crippen LogP contribution in [-0.2, 0) is 12.5 Å². The van der Waals surface area contributed by atoms with Crippen molar-refractivity contribution in [2.75, 3.05) is 0 Å². The standard InChI is InChI=1S/C21H30N/c1-7-21(8-2,9-3)18-11-13-20(22(6)15-18)19-12-10-16(4)14-17(19)5/h10-15H,7-9H2,1-6H3/q+1. The summed E-state index contributed by atoms with van der Waals surface area (Å²) < 4.78 is 2.29. The normalized spacial score (nSPS) is 11.7. The van der Waals surface area contributed by atoms with E-state index in [0.717, 1.165) is 0 Å². The highest BCUT2D eigenvalue weighted by Gasteiger charge is 2.29. The lowest BCUT2D eigenvalue weighted by molar-refractivity contribution is -0.661. The van der Waals surface area contributed by atoms with E-state index in [2.05, 4.69) is 82.8 Å². The molecule has 0 saturated heterocycles. The molecule has 1 aromatic heterocycles. The number of rotatable bonds is 5. The fourth-order valence-electron chi connectivity index (χ4n) is 3.66. The Morgan fingerprint density at radius 1 is 0.909 bits per heavy atom. The number of nitrogens with zero attached hydrogens (tertiary/aromatic N) is 1. The zero-order chi connectivity index (χ0) is 16.3. The maximum atomic E-state index is 2.34. The molecule has 0 saturated carbocycles. The minimum absolute atomic E-state index is 0.318. The molecule has 0 radical (unpaired) electrons. The van der Waals surface area contributed by atoms with E-state index in [1.807, 2.05) is 0 Å². The number of pyridine rings is 1. The van der Waals surface area contributed by atoms with Crippen LogP contribution in [0.4, 0.5) is 0 Å². The van der Waals surface area contributed by atoms with Gasteiger partial charge in [-0.3, -0.25) is 0 Å². The minimum Gasteiger partial charge on any atom is -0.201 e. The molecular formula is C21H30N+. The molecule has 1 heteroatoms. The summed E-state index contributed by atoms with van der Waals surface area (Å²) >= 11 is 0. The Morgan fingerprint density at radius 2 is 1.55 bits per heavy atom. The maximum Gasteiger partial charge on any atom is 0.212 e. The lowest BCUT2D eigenvalue weighted by Crippen LogP contribution is -2.35. The van der Waals surface area contributed by atoms with Crippen molar-refractivity contribution in [1.82, 2.24) is 0 Å². The molecule has 1 nitrogen and oxygen atoms in total. The van der Waals surface area contributed by atoms with E-state index in [1.54, 1.807) is 0 Å². The van der Waals surface area contributed by atoms with Crippen LogP contribution < -0.4 is 4.57 Å². The van der Waals surface area contributed by atoms with Crippen molar-refractivity contribution in [2.45, 2.75) is 59.3 Å². The average Bonchev–Trinajstić information content (AvgIpc) is 2.51. The van der Waals surface area contributed by atoms with Gasteiger partial charge in [0.25, 0.3) is 0 Å². The predicted octanol–water partition coefficient (Wildman–Crippen LogP) is 5.26. The quantitative estimate of drug-likeness (QED) is 0.662. The molecule has 0 unspecified atom stereocenters. The van der Waals surface area contributed by atoms with Crippen LogP contribution in [0.2, 0.25) is 0 Å². The molecular weight excluding hydrogens is 266 g/mol. The largest absolute Gasteiger partial charge is 0.212 e. The van der Waals surface area contributed by atoms with Crippen molar-refractivity contribution < 1.29 is 4.57 Å². The first-order chi connectivity index (χ1) is 10.5. The Kier molecular flexibility index (Phi) is 5.05. The van der Waals surface area contributed by atoms with Gasteiger partial charge in [-0.1, -0.05) is 38.5 Å². The third-order valence-electron chi connectivity index (χ3n) is 5.43. The van der Waals surface area contributed by atoms with Gasteiger partial charge in [0.05, 0.1) is 0 Å². The predicted molar refractivity (Wildman–Crippen MR) is 95.1 cm³/mol. The summed E-state index contributed by atoms with van der Waals surface area (Å²) in [4.78, 5) is 0. The van der Waals surface area contributed by atoms with Crippen molar-refractivity contribution >= 4 is 0 Å². The number of hydrogen-bond donors (Lipinski definition) is 0. The number of hydrogen-bond acceptors (Lipinski definition) is 0. The minimum atomic E-state index is 0.318. The first kappa shape index (κ1) is 16.7. The van der Waals surface area contributed by atoms with E-state index in [1.165, 1.54) is 47.2 Å². The summed E-state index contributed by atoms with van der Waals surface area (Å²) in [5.41, 5.74) is 7.07. The van der Waals surface area contributed by atoms with E-state index in [-0.39, 0.29) is 0 Å². The smallest absolute Gasteiger partial charge is 0.201 e. The summed E-state index contributed by atoms with van der Waals surface area (Å²) in [6.45, 7) is 11.3. The van der Waals surface area contributed by atoms with Crippen LogP contribution in [0.5, 0.6) is 0 Å². The van der Waals surface area contributed by atoms with Crippen LogP contribution in [0.3, 0.4) is 0 Å². The molecule has 0 spiro atoms. The summed E-state index contributed by atoms with van der Waals surface area (Å²) in [6.07, 6.45) is 5.93. The van der Waals surface area contributed by atoms with Crippen molar-refractivity contribution in [2.24, 2.45) is 7.05 Å². The second-order valence-electron chi connectivity index (χ2n) is 6.57. The van der Waals surface area contributed by atoms with E-state index in [0.29, 0.717) is 5.41 Å². The maximum absolute atomic E-state index is 2.34. The molecule has 2 rings (SSSR count). The van der Waals surface area contributed by atoms with Gasteiger partial charge in [0, 0.05) is 22.6 Å². The number of benzene rings is 1. The third-order valence-corrected chi connectivity index (χ3v) is 5.43. The highest BCUT2D eigenvalue weighted by molar-refractivity contribution is 5.61. The Morgan fingerprint density at radius 3 is 2.05 bits per heavy atom. The van der Waals surface area contributed by atoms with Gasteiger partial charge < -0.3 is 0 Å². The molecule has 0 fully saturated rings. The first-order valence-corrected chi connectivity index (χ1v) is 8.55. The first-order valence-electron chi connectivity index (χ1n) is 8.55. The van der Waals surface area contributed by atoms with Crippen molar-refractivity contribution in [3.8, 4) is 11.3 Å². The topological polar surface area (TPSA) is 3.88 Å². The van der Waals surface area contributed by atoms with E-state index < -0.39 is 0 Å². The number of aromatic nitrogens is 1. The fraction of sp³-hybridized carbons (Fsp3) is 0.476. The van der Waals surface area contributed by atoms with Gasteiger partial charge in [0.2, 0.25) is 5.69 Å². The van der Waals surface area contributed by atoms with Gasteiger partial charge >= 0.3 is 0 Å². The molecule has 1 heterocycles. The molecule has 0 N–H and O–H groups in total. The van der Waals surface area contributed by atoms with E-state index >= 15 is 0 Å². The molecule has 22 heavy (non-hydrogen) atoms. The molecule has 0 aliphatic rings. The fourth-order valence-corrected chi connectivity index (χ4v) is 3.66. The zero-order valence-corrected chi connectivity index (χ0v) is 15.0. The van der Waals surface area contributed by atoms with Gasteiger partial charge in [-0.25, -0.2) is 4.57 Å². The van der Waals surface area contributed by atoms with Gasteiger partial charge in [-0.05, 0) is 50.8 Å². The summed E-state index contributed by atoms with van der Waals surface area (Å²) in [6, 6.07) is 11.3. The van der Waals surface area contributed by atoms with Crippen LogP contribution in [-0.4, -0.2) is 0 Å². The van der Waals surface area contributed by atoms with Crippen LogP contribution in [0.15, 0.2) is 36.5 Å². The Hall–Kier alpha value is -1.63. The van der Waals surface area contributed by atoms with Crippen molar-refractivity contribution in [1.29, 1.82) is 0 Å². The summed E-state index contributed by atoms with van der Waals surface area (Å²) in [5, 5.41) is 0. The Balaban J connectivity index is 2.50. The molecule has 0 aliphatic heterocycles. The van der Waals surface area contributed by atoms with Crippen molar-refractivity contribution in [3.63, 3.8) is 0 Å². The highest BCUT2D eigenvalue weighted by atomic mass is 14.9. The molecule has 0 bridgehead atoms. The van der Waals surface area contributed by atoms with Crippen LogP contribution in [0.25, 0.3) is 11.3 Å². The molecule has 1 aromatic carbocycles. The van der Waals surface area contributed by atoms with Gasteiger partial charge in [-0.2, -0.15) is 0 Å². The molecule has 118 valence electrons. The second-order valence-corrected chi connectivity index (χ2v) is 6.57. The third kappa shape index (κ3) is 2.95. The van der Waals surface area contributed by atoms with Crippen LogP contribution in [0, 0.1) is 13.8 Å². The van der Waals surface area contributed by atoms with Gasteiger partial charge in [0.15, 0.2) is 6.20 Å². The van der Waals surface area contributed by atoms with E-state index in [9.17, 15) is 0 Å². The van der Waals surface area contributed by atoms with E-state index in [4.69, 9.17) is 0 Å². The number of aryl methyl sites for hydroxylation is 3. The zero-order valence-electron chi connectivity index (χ0n) is 15.0. The Bertz CT molecular complexity index is 643. The highest BCUT2D eigenvalue weighted by Crippen LogP contribution is 2.35. The molecule has 0 amide bonds. The van der Waals surface area contributed by atoms with Gasteiger partial charge in [-0.15, -0.1) is 0 Å². The lowest BCUT2D eigenvalue weighted by atomic mass is 9.74. The molecule has 0 atom stereocenters. The monoisotopic (exact) mass is 296 g/mol. The Labute approximate surface area is 136 Å². The summed E-state index contributed by atoms with van der Waals surface area (Å²) in [5.74, 6) is 0. The average molecular weight is 296 g/mol. The molecule has 0 aliphatic carbocycles. The van der Waals surface area contributed by atoms with Crippen molar-refractivity contribution in [3.05, 3.63) is 53.2 Å².